The van der Waals surface area contributed by atoms with Crippen LogP contribution in [0.2, 0.25) is 0 Å². The van der Waals surface area contributed by atoms with Gasteiger partial charge in [0, 0.05) is 12.4 Å². The molecule has 6 heteroatoms. The molecule has 1 N–H and O–H groups in total. The van der Waals surface area contributed by atoms with Gasteiger partial charge < -0.3 is 5.32 Å². The van der Waals surface area contributed by atoms with E-state index in [1.165, 1.54) is 0 Å². The monoisotopic (exact) mass is 297 g/mol. The molecule has 1 rings (SSSR count). The Hall–Kier alpha value is -0.970. The minimum absolute atomic E-state index is 0.0894. The highest BCUT2D eigenvalue weighted by Gasteiger charge is 2.31. The van der Waals surface area contributed by atoms with Crippen molar-refractivity contribution in [1.82, 2.24) is 0 Å². The van der Waals surface area contributed by atoms with Crippen LogP contribution >= 0.6 is 11.6 Å². The Morgan fingerprint density at radius 1 is 1.32 bits per heavy atom. The van der Waals surface area contributed by atoms with Crippen LogP contribution in [-0.4, -0.2) is 12.4 Å². The first kappa shape index (κ1) is 16.1. The molecule has 1 aromatic rings. The zero-order valence-corrected chi connectivity index (χ0v) is 11.3. The molecule has 0 amide bonds. The van der Waals surface area contributed by atoms with Gasteiger partial charge in [-0.2, -0.15) is 13.2 Å². The highest BCUT2D eigenvalue weighted by Crippen LogP contribution is 2.31. The van der Waals surface area contributed by atoms with Crippen molar-refractivity contribution in [2.75, 3.05) is 17.7 Å². The summed E-state index contributed by atoms with van der Waals surface area (Å²) in [6.45, 7) is 2.51. The average molecular weight is 298 g/mol. The van der Waals surface area contributed by atoms with Crippen LogP contribution in [0.15, 0.2) is 18.2 Å². The van der Waals surface area contributed by atoms with E-state index in [4.69, 9.17) is 11.6 Å². The van der Waals surface area contributed by atoms with E-state index >= 15 is 0 Å². The maximum absolute atomic E-state index is 13.4. The number of nitrogens with one attached hydrogen (secondary N) is 1. The van der Waals surface area contributed by atoms with Gasteiger partial charge in [0.1, 0.15) is 5.82 Å². The molecule has 0 heterocycles. The van der Waals surface area contributed by atoms with Gasteiger partial charge in [0.2, 0.25) is 0 Å². The summed E-state index contributed by atoms with van der Waals surface area (Å²) in [6.07, 6.45) is -2.84. The molecular formula is C13H16ClF4N. The van der Waals surface area contributed by atoms with Crippen LogP contribution < -0.4 is 5.32 Å². The lowest BCUT2D eigenvalue weighted by Gasteiger charge is -2.12. The van der Waals surface area contributed by atoms with Crippen LogP contribution in [0.4, 0.5) is 23.2 Å². The lowest BCUT2D eigenvalue weighted by atomic mass is 10.1. The number of rotatable bonds is 6. The average Bonchev–Trinajstić information content (AvgIpc) is 2.34. The maximum Gasteiger partial charge on any atom is 0.416 e. The van der Waals surface area contributed by atoms with Crippen LogP contribution in [0, 0.1) is 11.7 Å². The topological polar surface area (TPSA) is 12.0 Å². The van der Waals surface area contributed by atoms with E-state index < -0.39 is 17.6 Å². The van der Waals surface area contributed by atoms with Crippen molar-refractivity contribution >= 4 is 17.3 Å². The minimum Gasteiger partial charge on any atom is -0.383 e. The quantitative estimate of drug-likeness (QED) is 0.447. The summed E-state index contributed by atoms with van der Waals surface area (Å²) >= 11 is 5.65. The first-order valence-electron chi connectivity index (χ1n) is 6.01. The zero-order chi connectivity index (χ0) is 14.5. The molecule has 0 aliphatic heterocycles. The fourth-order valence-electron chi connectivity index (χ4n) is 1.59. The minimum atomic E-state index is -4.52. The molecule has 0 aliphatic rings. The molecule has 0 bridgehead atoms. The molecule has 0 fully saturated rings. The van der Waals surface area contributed by atoms with E-state index in [1.807, 2.05) is 6.92 Å². The summed E-state index contributed by atoms with van der Waals surface area (Å²) in [4.78, 5) is 0. The molecule has 0 aromatic heterocycles. The normalized spacial score (nSPS) is 13.4. The molecule has 0 saturated heterocycles. The second-order valence-corrected chi connectivity index (χ2v) is 4.83. The maximum atomic E-state index is 13.4. The van der Waals surface area contributed by atoms with Crippen molar-refractivity contribution < 1.29 is 17.6 Å². The number of hydrogen-bond donors (Lipinski definition) is 1. The Kier molecular flexibility index (Phi) is 5.91. The smallest absolute Gasteiger partial charge is 0.383 e. The van der Waals surface area contributed by atoms with E-state index in [0.29, 0.717) is 24.4 Å². The Bertz CT molecular complexity index is 406. The molecule has 0 saturated carbocycles. The fourth-order valence-corrected chi connectivity index (χ4v) is 1.74. The van der Waals surface area contributed by atoms with Crippen LogP contribution in [0.1, 0.15) is 25.3 Å². The van der Waals surface area contributed by atoms with Crippen LogP contribution in [0.3, 0.4) is 0 Å². The number of benzene rings is 1. The molecule has 0 radical (unpaired) electrons. The predicted octanol–water partition coefficient (Wildman–Crippen LogP) is 4.91. The third-order valence-electron chi connectivity index (χ3n) is 2.75. The summed E-state index contributed by atoms with van der Waals surface area (Å²) in [5.74, 6) is 0.0513. The van der Waals surface area contributed by atoms with E-state index in [9.17, 15) is 17.6 Å². The summed E-state index contributed by atoms with van der Waals surface area (Å²) in [6, 6.07) is 2.49. The standard InChI is InChI=1S/C13H16ClF4N/c1-9(8-14)3-2-6-19-12-5-4-10(7-11(12)15)13(16,17)18/h4-5,7,9,19H,2-3,6,8H2,1H3. The molecule has 0 aliphatic carbocycles. The van der Waals surface area contributed by atoms with Crippen molar-refractivity contribution in [3.05, 3.63) is 29.6 Å². The zero-order valence-electron chi connectivity index (χ0n) is 10.5. The van der Waals surface area contributed by atoms with Crippen LogP contribution in [-0.2, 0) is 6.18 Å². The van der Waals surface area contributed by atoms with Gasteiger partial charge >= 0.3 is 6.18 Å². The van der Waals surface area contributed by atoms with Gasteiger partial charge in [-0.15, -0.1) is 11.6 Å². The third kappa shape index (κ3) is 5.27. The van der Waals surface area contributed by atoms with Gasteiger partial charge in [-0.25, -0.2) is 4.39 Å². The van der Waals surface area contributed by atoms with Crippen molar-refractivity contribution in [2.45, 2.75) is 25.9 Å². The van der Waals surface area contributed by atoms with E-state index in [1.54, 1.807) is 0 Å². The lowest BCUT2D eigenvalue weighted by Crippen LogP contribution is -2.09. The summed E-state index contributed by atoms with van der Waals surface area (Å²) in [5.41, 5.74) is -0.891. The Balaban J connectivity index is 2.52. The van der Waals surface area contributed by atoms with Crippen molar-refractivity contribution in [3.8, 4) is 0 Å². The molecule has 1 atom stereocenters. The molecule has 108 valence electrons. The predicted molar refractivity (Wildman–Crippen MR) is 69.0 cm³/mol. The molecule has 1 unspecified atom stereocenters. The van der Waals surface area contributed by atoms with E-state index in [2.05, 4.69) is 5.32 Å². The van der Waals surface area contributed by atoms with Crippen LogP contribution in [0.5, 0.6) is 0 Å². The van der Waals surface area contributed by atoms with Gasteiger partial charge in [-0.3, -0.25) is 0 Å². The second-order valence-electron chi connectivity index (χ2n) is 4.52. The number of halogens is 5. The van der Waals surface area contributed by atoms with Crippen LogP contribution in [0.25, 0.3) is 0 Å². The van der Waals surface area contributed by atoms with Gasteiger partial charge in [0.25, 0.3) is 0 Å². The van der Waals surface area contributed by atoms with Crippen molar-refractivity contribution in [1.29, 1.82) is 0 Å². The highest BCUT2D eigenvalue weighted by molar-refractivity contribution is 6.18. The Morgan fingerprint density at radius 3 is 2.53 bits per heavy atom. The van der Waals surface area contributed by atoms with Gasteiger partial charge in [0.05, 0.1) is 11.3 Å². The number of alkyl halides is 4. The van der Waals surface area contributed by atoms with Gasteiger partial charge in [-0.1, -0.05) is 6.92 Å². The van der Waals surface area contributed by atoms with Crippen molar-refractivity contribution in [2.24, 2.45) is 5.92 Å². The van der Waals surface area contributed by atoms with Gasteiger partial charge in [0.15, 0.2) is 0 Å². The first-order chi connectivity index (χ1) is 8.84. The summed E-state index contributed by atoms with van der Waals surface area (Å²) in [5, 5.41) is 2.79. The molecule has 1 nitrogen and oxygen atoms in total. The fraction of sp³-hybridized carbons (Fsp3) is 0.538. The first-order valence-corrected chi connectivity index (χ1v) is 6.54. The second kappa shape index (κ2) is 6.98. The Labute approximate surface area is 115 Å². The summed E-state index contributed by atoms with van der Waals surface area (Å²) < 4.78 is 50.5. The number of anilines is 1. The molecular weight excluding hydrogens is 282 g/mol. The third-order valence-corrected chi connectivity index (χ3v) is 3.28. The molecule has 19 heavy (non-hydrogen) atoms. The van der Waals surface area contributed by atoms with Gasteiger partial charge in [-0.05, 0) is 37.0 Å². The summed E-state index contributed by atoms with van der Waals surface area (Å²) in [7, 11) is 0. The molecule has 1 aromatic carbocycles. The van der Waals surface area contributed by atoms with Crippen molar-refractivity contribution in [3.63, 3.8) is 0 Å². The number of hydrogen-bond acceptors (Lipinski definition) is 1. The molecule has 0 spiro atoms. The highest BCUT2D eigenvalue weighted by atomic mass is 35.5. The lowest BCUT2D eigenvalue weighted by molar-refractivity contribution is -0.137. The van der Waals surface area contributed by atoms with E-state index in [-0.39, 0.29) is 5.69 Å². The Morgan fingerprint density at radius 2 is 2.00 bits per heavy atom. The SMILES string of the molecule is CC(CCl)CCCNc1ccc(C(F)(F)F)cc1F. The largest absolute Gasteiger partial charge is 0.416 e. The van der Waals surface area contributed by atoms with E-state index in [0.717, 1.165) is 25.0 Å².